The first-order valence-corrected chi connectivity index (χ1v) is 9.44. The van der Waals surface area contributed by atoms with Crippen molar-refractivity contribution in [1.82, 2.24) is 14.7 Å². The Balaban J connectivity index is 1.46. The van der Waals surface area contributed by atoms with Crippen LogP contribution in [-0.4, -0.2) is 76.6 Å². The van der Waals surface area contributed by atoms with Gasteiger partial charge in [-0.2, -0.15) is 0 Å². The molecule has 25 heavy (non-hydrogen) atoms. The smallest absolute Gasteiger partial charge is 0.237 e. The number of rotatable bonds is 5. The Morgan fingerprint density at radius 1 is 1.08 bits per heavy atom. The van der Waals surface area contributed by atoms with Gasteiger partial charge in [0.25, 0.3) is 0 Å². The van der Waals surface area contributed by atoms with Crippen molar-refractivity contribution in [1.29, 1.82) is 0 Å². The van der Waals surface area contributed by atoms with E-state index in [0.717, 1.165) is 52.1 Å². The summed E-state index contributed by atoms with van der Waals surface area (Å²) in [5.74, 6) is 0.168. The first-order chi connectivity index (χ1) is 11.9. The minimum atomic E-state index is -0.819. The molecule has 1 N–H and O–H groups in total. The fourth-order valence-electron chi connectivity index (χ4n) is 4.03. The van der Waals surface area contributed by atoms with E-state index in [9.17, 15) is 9.90 Å². The summed E-state index contributed by atoms with van der Waals surface area (Å²) in [6, 6.07) is 10.5. The van der Waals surface area contributed by atoms with Gasteiger partial charge in [-0.3, -0.25) is 14.6 Å². The van der Waals surface area contributed by atoms with Crippen LogP contribution in [0.5, 0.6) is 0 Å². The van der Waals surface area contributed by atoms with Crippen LogP contribution in [0.3, 0.4) is 0 Å². The van der Waals surface area contributed by atoms with Gasteiger partial charge in [0, 0.05) is 39.3 Å². The van der Waals surface area contributed by atoms with E-state index in [2.05, 4.69) is 34.1 Å². The fraction of sp³-hybridized carbons (Fsp3) is 0.650. The highest BCUT2D eigenvalue weighted by Gasteiger charge is 2.38. The molecule has 2 heterocycles. The summed E-state index contributed by atoms with van der Waals surface area (Å²) in [5.41, 5.74) is 0.526. The molecule has 0 aliphatic carbocycles. The molecule has 5 nitrogen and oxygen atoms in total. The minimum absolute atomic E-state index is 0.0423. The molecule has 2 fully saturated rings. The predicted octanol–water partition coefficient (Wildman–Crippen LogP) is 1.57. The largest absolute Gasteiger partial charge is 0.388 e. The molecule has 2 aliphatic heterocycles. The lowest BCUT2D eigenvalue weighted by Gasteiger charge is -2.37. The fourth-order valence-corrected chi connectivity index (χ4v) is 4.03. The van der Waals surface area contributed by atoms with Gasteiger partial charge in [0.05, 0.1) is 18.2 Å². The number of amides is 1. The molecule has 0 spiro atoms. The van der Waals surface area contributed by atoms with E-state index in [1.165, 1.54) is 5.56 Å². The van der Waals surface area contributed by atoms with Crippen molar-refractivity contribution < 1.29 is 9.90 Å². The van der Waals surface area contributed by atoms with Crippen LogP contribution < -0.4 is 0 Å². The van der Waals surface area contributed by atoms with Gasteiger partial charge in [0.2, 0.25) is 5.91 Å². The monoisotopic (exact) mass is 345 g/mol. The van der Waals surface area contributed by atoms with E-state index in [-0.39, 0.29) is 11.9 Å². The molecule has 1 aromatic carbocycles. The average molecular weight is 345 g/mol. The molecule has 1 atom stereocenters. The van der Waals surface area contributed by atoms with E-state index in [0.29, 0.717) is 6.54 Å². The number of aliphatic hydroxyl groups is 1. The van der Waals surface area contributed by atoms with Gasteiger partial charge in [0.1, 0.15) is 0 Å². The summed E-state index contributed by atoms with van der Waals surface area (Å²) < 4.78 is 0. The molecule has 2 saturated heterocycles. The Hall–Kier alpha value is -1.43. The van der Waals surface area contributed by atoms with Crippen molar-refractivity contribution >= 4 is 5.91 Å². The Morgan fingerprint density at radius 3 is 2.36 bits per heavy atom. The van der Waals surface area contributed by atoms with E-state index in [1.54, 1.807) is 0 Å². The molecule has 0 radical (unpaired) electrons. The quantitative estimate of drug-likeness (QED) is 0.880. The lowest BCUT2D eigenvalue weighted by atomic mass is 9.96. The lowest BCUT2D eigenvalue weighted by molar-refractivity contribution is -0.138. The number of carbonyl (C=O) groups excluding carboxylic acids is 1. The normalized spacial score (nSPS) is 23.2. The summed E-state index contributed by atoms with van der Waals surface area (Å²) in [7, 11) is 0. The van der Waals surface area contributed by atoms with Crippen LogP contribution in [0.2, 0.25) is 0 Å². The van der Waals surface area contributed by atoms with Crippen molar-refractivity contribution in [2.24, 2.45) is 0 Å². The lowest BCUT2D eigenvalue weighted by Crippen LogP contribution is -2.53. The predicted molar refractivity (Wildman–Crippen MR) is 99.2 cm³/mol. The van der Waals surface area contributed by atoms with Crippen LogP contribution in [0.15, 0.2) is 30.3 Å². The van der Waals surface area contributed by atoms with E-state index >= 15 is 0 Å². The molecule has 1 aromatic rings. The molecule has 1 amide bonds. The second-order valence-corrected chi connectivity index (χ2v) is 7.94. The van der Waals surface area contributed by atoms with E-state index in [1.807, 2.05) is 24.8 Å². The molecular formula is C20H31N3O2. The highest BCUT2D eigenvalue weighted by Crippen LogP contribution is 2.27. The standard InChI is InChI=1S/C20H31N3O2/c1-20(2,25)18-9-6-10-23(18)19(24)16-22-13-11-21(12-14-22)15-17-7-4-3-5-8-17/h3-5,7-8,18,25H,6,9-16H2,1-2H3. The van der Waals surface area contributed by atoms with Gasteiger partial charge < -0.3 is 10.0 Å². The Morgan fingerprint density at radius 2 is 1.72 bits per heavy atom. The van der Waals surface area contributed by atoms with E-state index < -0.39 is 5.60 Å². The maximum Gasteiger partial charge on any atom is 0.237 e. The Bertz CT molecular complexity index is 562. The SMILES string of the molecule is CC(C)(O)C1CCCN1C(=O)CN1CCN(Cc2ccccc2)CC1. The molecular weight excluding hydrogens is 314 g/mol. The molecule has 0 bridgehead atoms. The van der Waals surface area contributed by atoms with Crippen molar-refractivity contribution in [3.8, 4) is 0 Å². The number of benzene rings is 1. The molecule has 0 saturated carbocycles. The summed E-state index contributed by atoms with van der Waals surface area (Å²) >= 11 is 0. The first-order valence-electron chi connectivity index (χ1n) is 9.44. The zero-order valence-electron chi connectivity index (χ0n) is 15.5. The third kappa shape index (κ3) is 4.81. The van der Waals surface area contributed by atoms with Crippen molar-refractivity contribution in [2.45, 2.75) is 44.9 Å². The second kappa shape index (κ2) is 7.85. The highest BCUT2D eigenvalue weighted by molar-refractivity contribution is 5.79. The van der Waals surface area contributed by atoms with Crippen LogP contribution >= 0.6 is 0 Å². The molecule has 3 rings (SSSR count). The second-order valence-electron chi connectivity index (χ2n) is 7.94. The Labute approximate surface area is 151 Å². The summed E-state index contributed by atoms with van der Waals surface area (Å²) in [4.78, 5) is 19.3. The van der Waals surface area contributed by atoms with Gasteiger partial charge in [-0.25, -0.2) is 0 Å². The molecule has 138 valence electrons. The number of hydrogen-bond acceptors (Lipinski definition) is 4. The summed E-state index contributed by atoms with van der Waals surface area (Å²) in [5, 5.41) is 10.3. The van der Waals surface area contributed by atoms with Crippen LogP contribution in [-0.2, 0) is 11.3 Å². The number of likely N-dealkylation sites (tertiary alicyclic amines) is 1. The molecule has 1 unspecified atom stereocenters. The van der Waals surface area contributed by atoms with Crippen molar-refractivity contribution in [2.75, 3.05) is 39.3 Å². The van der Waals surface area contributed by atoms with Crippen molar-refractivity contribution in [3.05, 3.63) is 35.9 Å². The number of nitrogens with zero attached hydrogens (tertiary/aromatic N) is 3. The zero-order valence-corrected chi connectivity index (χ0v) is 15.5. The molecule has 5 heteroatoms. The third-order valence-corrected chi connectivity index (χ3v) is 5.46. The van der Waals surface area contributed by atoms with E-state index in [4.69, 9.17) is 0 Å². The molecule has 2 aliphatic rings. The zero-order chi connectivity index (χ0) is 17.9. The van der Waals surface area contributed by atoms with Gasteiger partial charge in [0.15, 0.2) is 0 Å². The van der Waals surface area contributed by atoms with Crippen LogP contribution in [0.4, 0.5) is 0 Å². The van der Waals surface area contributed by atoms with Crippen LogP contribution in [0, 0.1) is 0 Å². The summed E-state index contributed by atoms with van der Waals surface area (Å²) in [6.45, 7) is 9.72. The first kappa shape index (κ1) is 18.4. The number of carbonyl (C=O) groups is 1. The molecule has 0 aromatic heterocycles. The highest BCUT2D eigenvalue weighted by atomic mass is 16.3. The number of hydrogen-bond donors (Lipinski definition) is 1. The minimum Gasteiger partial charge on any atom is -0.388 e. The van der Waals surface area contributed by atoms with Gasteiger partial charge in [-0.1, -0.05) is 30.3 Å². The Kier molecular flexibility index (Phi) is 5.77. The van der Waals surface area contributed by atoms with Gasteiger partial charge in [-0.05, 0) is 32.3 Å². The van der Waals surface area contributed by atoms with Crippen LogP contribution in [0.1, 0.15) is 32.3 Å². The summed E-state index contributed by atoms with van der Waals surface area (Å²) in [6.07, 6.45) is 1.89. The maximum absolute atomic E-state index is 12.7. The average Bonchev–Trinajstić information content (AvgIpc) is 3.08. The number of piperazine rings is 1. The third-order valence-electron chi connectivity index (χ3n) is 5.46. The van der Waals surface area contributed by atoms with Crippen molar-refractivity contribution in [3.63, 3.8) is 0 Å². The topological polar surface area (TPSA) is 47.0 Å². The van der Waals surface area contributed by atoms with Crippen LogP contribution in [0.25, 0.3) is 0 Å². The van der Waals surface area contributed by atoms with Gasteiger partial charge >= 0.3 is 0 Å². The maximum atomic E-state index is 12.7. The van der Waals surface area contributed by atoms with Gasteiger partial charge in [-0.15, -0.1) is 0 Å².